The van der Waals surface area contributed by atoms with Gasteiger partial charge >= 0.3 is 0 Å². The lowest BCUT2D eigenvalue weighted by molar-refractivity contribution is 0.119. The van der Waals surface area contributed by atoms with Crippen LogP contribution in [0.25, 0.3) is 11.0 Å². The van der Waals surface area contributed by atoms with Gasteiger partial charge < -0.3 is 15.0 Å². The molecular formula is C15H18N4O. The summed E-state index contributed by atoms with van der Waals surface area (Å²) in [4.78, 5) is 4.30. The van der Waals surface area contributed by atoms with Crippen LogP contribution in [0.4, 0.5) is 5.95 Å². The van der Waals surface area contributed by atoms with Crippen molar-refractivity contribution in [3.8, 4) is 6.07 Å². The molecule has 2 N–H and O–H groups in total. The van der Waals surface area contributed by atoms with Crippen molar-refractivity contribution in [3.63, 3.8) is 0 Å². The quantitative estimate of drug-likeness (QED) is 0.817. The topological polar surface area (TPSA) is 76.9 Å². The normalized spacial score (nSPS) is 14.6. The van der Waals surface area contributed by atoms with Crippen molar-refractivity contribution in [3.05, 3.63) is 23.8 Å². The molecule has 0 saturated heterocycles. The molecule has 5 heteroatoms. The second-order valence-corrected chi connectivity index (χ2v) is 5.28. The standard InChI is InChI=1S/C15H18N4O/c16-9-12-3-1-4-13-14(12)18-15(17)19(13)7-2-8-20-10-11-5-6-11/h1,3-4,11H,2,5-8,10H2,(H2,17,18). The molecule has 1 aliphatic carbocycles. The van der Waals surface area contributed by atoms with E-state index in [-0.39, 0.29) is 0 Å². The summed E-state index contributed by atoms with van der Waals surface area (Å²) >= 11 is 0. The lowest BCUT2D eigenvalue weighted by atomic mass is 10.2. The van der Waals surface area contributed by atoms with Gasteiger partial charge in [0, 0.05) is 19.8 Å². The van der Waals surface area contributed by atoms with E-state index in [4.69, 9.17) is 15.7 Å². The number of fused-ring (bicyclic) bond motifs is 1. The number of nitriles is 1. The van der Waals surface area contributed by atoms with Gasteiger partial charge in [0.25, 0.3) is 0 Å². The number of nitrogens with two attached hydrogens (primary N) is 1. The summed E-state index contributed by atoms with van der Waals surface area (Å²) < 4.78 is 7.58. The molecule has 5 nitrogen and oxygen atoms in total. The third-order valence-corrected chi connectivity index (χ3v) is 3.65. The maximum Gasteiger partial charge on any atom is 0.201 e. The third kappa shape index (κ3) is 2.61. The number of hydrogen-bond donors (Lipinski definition) is 1. The molecule has 0 amide bonds. The SMILES string of the molecule is N#Cc1cccc2c1nc(N)n2CCCOCC1CC1. The average Bonchev–Trinajstić information content (AvgIpc) is 3.22. The number of hydrogen-bond acceptors (Lipinski definition) is 4. The second kappa shape index (κ2) is 5.51. The maximum atomic E-state index is 9.08. The Morgan fingerprint density at radius 3 is 3.05 bits per heavy atom. The van der Waals surface area contributed by atoms with E-state index < -0.39 is 0 Å². The summed E-state index contributed by atoms with van der Waals surface area (Å²) in [6.45, 7) is 2.40. The molecule has 0 aliphatic heterocycles. The molecule has 1 aromatic carbocycles. The Labute approximate surface area is 118 Å². The van der Waals surface area contributed by atoms with E-state index in [2.05, 4.69) is 11.1 Å². The predicted octanol–water partition coefficient (Wildman–Crippen LogP) is 2.31. The van der Waals surface area contributed by atoms with E-state index in [0.717, 1.165) is 37.6 Å². The smallest absolute Gasteiger partial charge is 0.201 e. The van der Waals surface area contributed by atoms with Gasteiger partial charge in [0.2, 0.25) is 5.95 Å². The number of nitrogens with zero attached hydrogens (tertiary/aromatic N) is 3. The second-order valence-electron chi connectivity index (χ2n) is 5.28. The molecule has 1 saturated carbocycles. The van der Waals surface area contributed by atoms with Crippen LogP contribution in [0.15, 0.2) is 18.2 Å². The first-order chi connectivity index (χ1) is 9.79. The van der Waals surface area contributed by atoms with Crippen LogP contribution >= 0.6 is 0 Å². The zero-order valence-corrected chi connectivity index (χ0v) is 11.4. The van der Waals surface area contributed by atoms with E-state index in [1.807, 2.05) is 16.7 Å². The Bertz CT molecular complexity index is 652. The van der Waals surface area contributed by atoms with Gasteiger partial charge in [-0.25, -0.2) is 4.98 Å². The van der Waals surface area contributed by atoms with Gasteiger partial charge in [0.15, 0.2) is 0 Å². The maximum absolute atomic E-state index is 9.08. The fraction of sp³-hybridized carbons (Fsp3) is 0.467. The molecule has 3 rings (SSSR count). The summed E-state index contributed by atoms with van der Waals surface area (Å²) in [6, 6.07) is 7.72. The van der Waals surface area contributed by atoms with Crippen LogP contribution in [0.2, 0.25) is 0 Å². The first kappa shape index (κ1) is 12.9. The van der Waals surface area contributed by atoms with Crippen LogP contribution in [0.1, 0.15) is 24.8 Å². The predicted molar refractivity (Wildman–Crippen MR) is 77.0 cm³/mol. The van der Waals surface area contributed by atoms with E-state index in [9.17, 15) is 0 Å². The zero-order chi connectivity index (χ0) is 13.9. The summed E-state index contributed by atoms with van der Waals surface area (Å²) in [5, 5.41) is 9.08. The zero-order valence-electron chi connectivity index (χ0n) is 11.4. The number of aryl methyl sites for hydroxylation is 1. The Morgan fingerprint density at radius 1 is 1.45 bits per heavy atom. The highest BCUT2D eigenvalue weighted by atomic mass is 16.5. The van der Waals surface area contributed by atoms with Crippen molar-refractivity contribution >= 4 is 17.0 Å². The monoisotopic (exact) mass is 270 g/mol. The minimum Gasteiger partial charge on any atom is -0.381 e. The van der Waals surface area contributed by atoms with Crippen molar-refractivity contribution in [2.24, 2.45) is 5.92 Å². The summed E-state index contributed by atoms with van der Waals surface area (Å²) in [6.07, 6.45) is 3.53. The van der Waals surface area contributed by atoms with E-state index in [1.54, 1.807) is 6.07 Å². The van der Waals surface area contributed by atoms with Crippen molar-refractivity contribution in [1.82, 2.24) is 9.55 Å². The Kier molecular flexibility index (Phi) is 3.57. The molecular weight excluding hydrogens is 252 g/mol. The molecule has 1 aromatic heterocycles. The van der Waals surface area contributed by atoms with Crippen molar-refractivity contribution in [2.75, 3.05) is 18.9 Å². The molecule has 0 unspecified atom stereocenters. The first-order valence-electron chi connectivity index (χ1n) is 7.02. The number of aromatic nitrogens is 2. The Morgan fingerprint density at radius 2 is 2.30 bits per heavy atom. The molecule has 20 heavy (non-hydrogen) atoms. The molecule has 0 bridgehead atoms. The number of benzene rings is 1. The molecule has 104 valence electrons. The van der Waals surface area contributed by atoms with Crippen molar-refractivity contribution in [2.45, 2.75) is 25.8 Å². The van der Waals surface area contributed by atoms with Crippen LogP contribution < -0.4 is 5.73 Å². The molecule has 2 aromatic rings. The highest BCUT2D eigenvalue weighted by Crippen LogP contribution is 2.28. The van der Waals surface area contributed by atoms with Gasteiger partial charge in [-0.05, 0) is 37.3 Å². The molecule has 1 heterocycles. The van der Waals surface area contributed by atoms with Crippen LogP contribution in [0, 0.1) is 17.2 Å². The highest BCUT2D eigenvalue weighted by molar-refractivity contribution is 5.83. The van der Waals surface area contributed by atoms with E-state index >= 15 is 0 Å². The van der Waals surface area contributed by atoms with E-state index in [1.165, 1.54) is 12.8 Å². The molecule has 1 fully saturated rings. The Hall–Kier alpha value is -2.06. The number of imidazole rings is 1. The number of nitrogen functional groups attached to an aromatic ring is 1. The van der Waals surface area contributed by atoms with Crippen LogP contribution in [-0.2, 0) is 11.3 Å². The van der Waals surface area contributed by atoms with Gasteiger partial charge in [-0.2, -0.15) is 5.26 Å². The number of anilines is 1. The summed E-state index contributed by atoms with van der Waals surface area (Å²) in [5.41, 5.74) is 8.13. The minimum absolute atomic E-state index is 0.463. The Balaban J connectivity index is 1.67. The molecule has 1 aliphatic rings. The van der Waals surface area contributed by atoms with Crippen LogP contribution in [0.3, 0.4) is 0 Å². The van der Waals surface area contributed by atoms with Gasteiger partial charge in [-0.1, -0.05) is 6.07 Å². The first-order valence-corrected chi connectivity index (χ1v) is 7.02. The fourth-order valence-electron chi connectivity index (χ4n) is 2.35. The van der Waals surface area contributed by atoms with Crippen LogP contribution in [0.5, 0.6) is 0 Å². The molecule has 0 atom stereocenters. The number of para-hydroxylation sites is 1. The fourth-order valence-corrected chi connectivity index (χ4v) is 2.35. The molecule has 0 spiro atoms. The van der Waals surface area contributed by atoms with Gasteiger partial charge in [-0.15, -0.1) is 0 Å². The lowest BCUT2D eigenvalue weighted by Gasteiger charge is -2.07. The van der Waals surface area contributed by atoms with Gasteiger partial charge in [0.1, 0.15) is 11.6 Å². The van der Waals surface area contributed by atoms with Gasteiger partial charge in [-0.3, -0.25) is 0 Å². The molecule has 0 radical (unpaired) electrons. The number of rotatable bonds is 6. The van der Waals surface area contributed by atoms with Crippen molar-refractivity contribution in [1.29, 1.82) is 5.26 Å². The third-order valence-electron chi connectivity index (χ3n) is 3.65. The highest BCUT2D eigenvalue weighted by Gasteiger charge is 2.20. The van der Waals surface area contributed by atoms with Crippen LogP contribution in [-0.4, -0.2) is 22.8 Å². The number of ether oxygens (including phenoxy) is 1. The average molecular weight is 270 g/mol. The largest absolute Gasteiger partial charge is 0.381 e. The van der Waals surface area contributed by atoms with E-state index in [0.29, 0.717) is 17.0 Å². The van der Waals surface area contributed by atoms with Gasteiger partial charge in [0.05, 0.1) is 11.1 Å². The summed E-state index contributed by atoms with van der Waals surface area (Å²) in [7, 11) is 0. The summed E-state index contributed by atoms with van der Waals surface area (Å²) in [5.74, 6) is 1.26. The lowest BCUT2D eigenvalue weighted by Crippen LogP contribution is -2.07. The minimum atomic E-state index is 0.463. The van der Waals surface area contributed by atoms with Crippen molar-refractivity contribution < 1.29 is 4.74 Å².